The molecule has 0 atom stereocenters. The number of hydrogen-bond donors (Lipinski definition) is 2. The highest BCUT2D eigenvalue weighted by atomic mass is 16.6. The van der Waals surface area contributed by atoms with Gasteiger partial charge in [-0.1, -0.05) is 6.92 Å². The van der Waals surface area contributed by atoms with Crippen LogP contribution in [0.25, 0.3) is 0 Å². The summed E-state index contributed by atoms with van der Waals surface area (Å²) < 4.78 is 5.41. The van der Waals surface area contributed by atoms with Crippen molar-refractivity contribution in [2.24, 2.45) is 0 Å². The maximum Gasteiger partial charge on any atom is 0.311 e. The number of rotatable bonds is 5. The van der Waals surface area contributed by atoms with Crippen LogP contribution in [-0.4, -0.2) is 14.9 Å². The Balaban J connectivity index is 2.03. The van der Waals surface area contributed by atoms with E-state index in [4.69, 9.17) is 10.2 Å². The van der Waals surface area contributed by atoms with Gasteiger partial charge in [0.1, 0.15) is 11.6 Å². The van der Waals surface area contributed by atoms with Gasteiger partial charge in [-0.25, -0.2) is 9.97 Å². The Morgan fingerprint density at radius 1 is 1.53 bits per heavy atom. The molecule has 0 amide bonds. The van der Waals surface area contributed by atoms with Crippen LogP contribution in [0, 0.1) is 10.1 Å². The fourth-order valence-corrected chi connectivity index (χ4v) is 1.48. The Morgan fingerprint density at radius 2 is 2.32 bits per heavy atom. The van der Waals surface area contributed by atoms with E-state index >= 15 is 0 Å². The van der Waals surface area contributed by atoms with E-state index in [1.807, 2.05) is 6.92 Å². The second-order valence-electron chi connectivity index (χ2n) is 3.79. The number of aromatic nitrogens is 2. The number of nitro groups is 1. The van der Waals surface area contributed by atoms with E-state index in [9.17, 15) is 10.1 Å². The molecule has 100 valence electrons. The average molecular weight is 263 g/mol. The van der Waals surface area contributed by atoms with Gasteiger partial charge in [-0.05, 0) is 6.07 Å². The van der Waals surface area contributed by atoms with Crippen LogP contribution >= 0.6 is 0 Å². The Kier molecular flexibility index (Phi) is 3.60. The maximum absolute atomic E-state index is 10.6. The van der Waals surface area contributed by atoms with E-state index in [-0.39, 0.29) is 11.5 Å². The fraction of sp³-hybridized carbons (Fsp3) is 0.273. The minimum absolute atomic E-state index is 0.128. The summed E-state index contributed by atoms with van der Waals surface area (Å²) in [6.45, 7) is 2.31. The molecule has 8 heteroatoms. The molecule has 2 rings (SSSR count). The van der Waals surface area contributed by atoms with Crippen LogP contribution in [0.1, 0.15) is 18.6 Å². The van der Waals surface area contributed by atoms with Gasteiger partial charge in [0.15, 0.2) is 0 Å². The lowest BCUT2D eigenvalue weighted by Crippen LogP contribution is -2.05. The van der Waals surface area contributed by atoms with Gasteiger partial charge in [-0.3, -0.25) is 10.1 Å². The molecular weight excluding hydrogens is 250 g/mol. The van der Waals surface area contributed by atoms with Crippen LogP contribution in [0.4, 0.5) is 17.3 Å². The van der Waals surface area contributed by atoms with Crippen molar-refractivity contribution < 1.29 is 9.34 Å². The molecule has 0 aromatic carbocycles. The zero-order valence-corrected chi connectivity index (χ0v) is 10.3. The summed E-state index contributed by atoms with van der Waals surface area (Å²) in [6, 6.07) is 2.79. The largest absolute Gasteiger partial charge is 0.444 e. The smallest absolute Gasteiger partial charge is 0.311 e. The van der Waals surface area contributed by atoms with Crippen molar-refractivity contribution in [2.75, 3.05) is 11.1 Å². The molecule has 2 aromatic rings. The Labute approximate surface area is 108 Å². The zero-order chi connectivity index (χ0) is 13.8. The molecule has 0 saturated carbocycles. The molecule has 2 heterocycles. The lowest BCUT2D eigenvalue weighted by Gasteiger charge is -2.03. The van der Waals surface area contributed by atoms with Crippen molar-refractivity contribution >= 4 is 17.3 Å². The van der Waals surface area contributed by atoms with Crippen LogP contribution < -0.4 is 11.1 Å². The number of nitrogen functional groups attached to an aromatic ring is 1. The molecule has 0 aliphatic rings. The standard InChI is InChI=1S/C11H13N5O3/c1-2-7-5-14-10(19-7)6-13-9-4-3-8(16(17)18)11(12)15-9/h3-5H,2,6H2,1H3,(H3,12,13,15). The summed E-state index contributed by atoms with van der Waals surface area (Å²) in [5.74, 6) is 1.62. The highest BCUT2D eigenvalue weighted by Crippen LogP contribution is 2.20. The van der Waals surface area contributed by atoms with Crippen LogP contribution in [0.5, 0.6) is 0 Å². The minimum Gasteiger partial charge on any atom is -0.444 e. The molecule has 0 spiro atoms. The van der Waals surface area contributed by atoms with Crippen LogP contribution in [0.15, 0.2) is 22.7 Å². The second kappa shape index (κ2) is 5.34. The highest BCUT2D eigenvalue weighted by Gasteiger charge is 2.12. The normalized spacial score (nSPS) is 10.4. The van der Waals surface area contributed by atoms with Gasteiger partial charge in [-0.2, -0.15) is 0 Å². The molecule has 19 heavy (non-hydrogen) atoms. The summed E-state index contributed by atoms with van der Waals surface area (Å²) in [5, 5.41) is 13.5. The van der Waals surface area contributed by atoms with Crippen molar-refractivity contribution in [2.45, 2.75) is 19.9 Å². The quantitative estimate of drug-likeness (QED) is 0.622. The number of aryl methyl sites for hydroxylation is 1. The van der Waals surface area contributed by atoms with E-state index in [0.717, 1.165) is 12.2 Å². The molecule has 0 bridgehead atoms. The molecule has 0 radical (unpaired) electrons. The fourth-order valence-electron chi connectivity index (χ4n) is 1.48. The van der Waals surface area contributed by atoms with Gasteiger partial charge < -0.3 is 15.5 Å². The third kappa shape index (κ3) is 2.97. The van der Waals surface area contributed by atoms with Crippen LogP contribution in [0.3, 0.4) is 0 Å². The van der Waals surface area contributed by atoms with E-state index in [1.54, 1.807) is 6.20 Å². The number of anilines is 2. The number of hydrogen-bond acceptors (Lipinski definition) is 7. The lowest BCUT2D eigenvalue weighted by molar-refractivity contribution is -0.384. The number of nitrogens with one attached hydrogen (secondary N) is 1. The summed E-state index contributed by atoms with van der Waals surface area (Å²) in [5.41, 5.74) is 5.27. The molecule has 8 nitrogen and oxygen atoms in total. The highest BCUT2D eigenvalue weighted by molar-refractivity contribution is 5.57. The zero-order valence-electron chi connectivity index (χ0n) is 10.3. The summed E-state index contributed by atoms with van der Waals surface area (Å²) >= 11 is 0. The van der Waals surface area contributed by atoms with Gasteiger partial charge in [0, 0.05) is 12.5 Å². The predicted octanol–water partition coefficient (Wildman–Crippen LogP) is 1.73. The van der Waals surface area contributed by atoms with Crippen molar-refractivity contribution in [3.8, 4) is 0 Å². The van der Waals surface area contributed by atoms with Crippen molar-refractivity contribution in [3.63, 3.8) is 0 Å². The first-order valence-electron chi connectivity index (χ1n) is 5.68. The van der Waals surface area contributed by atoms with Gasteiger partial charge in [0.2, 0.25) is 11.7 Å². The van der Waals surface area contributed by atoms with E-state index in [2.05, 4.69) is 15.3 Å². The monoisotopic (exact) mass is 263 g/mol. The first-order valence-corrected chi connectivity index (χ1v) is 5.68. The predicted molar refractivity (Wildman–Crippen MR) is 68.5 cm³/mol. The molecule has 0 aliphatic carbocycles. The summed E-state index contributed by atoms with van der Waals surface area (Å²) in [6.07, 6.45) is 2.43. The lowest BCUT2D eigenvalue weighted by atomic mass is 10.4. The molecule has 0 unspecified atom stereocenters. The molecular formula is C11H13N5O3. The van der Waals surface area contributed by atoms with E-state index in [0.29, 0.717) is 18.3 Å². The van der Waals surface area contributed by atoms with Gasteiger partial charge in [0.25, 0.3) is 0 Å². The van der Waals surface area contributed by atoms with Crippen LogP contribution in [-0.2, 0) is 13.0 Å². The van der Waals surface area contributed by atoms with Gasteiger partial charge in [0.05, 0.1) is 17.7 Å². The van der Waals surface area contributed by atoms with Crippen LogP contribution in [0.2, 0.25) is 0 Å². The number of nitrogens with two attached hydrogens (primary N) is 1. The molecule has 2 aromatic heterocycles. The molecule has 0 aliphatic heterocycles. The SMILES string of the molecule is CCc1cnc(CNc2ccc([N+](=O)[O-])c(N)n2)o1. The van der Waals surface area contributed by atoms with E-state index in [1.165, 1.54) is 12.1 Å². The maximum atomic E-state index is 10.6. The topological polar surface area (TPSA) is 120 Å². The Morgan fingerprint density at radius 3 is 2.89 bits per heavy atom. The minimum atomic E-state index is -0.576. The first kappa shape index (κ1) is 12.8. The van der Waals surface area contributed by atoms with Gasteiger partial charge in [-0.15, -0.1) is 0 Å². The van der Waals surface area contributed by atoms with Gasteiger partial charge >= 0.3 is 5.69 Å². The number of oxazole rings is 1. The number of nitrogens with zero attached hydrogens (tertiary/aromatic N) is 3. The molecule has 3 N–H and O–H groups in total. The Bertz CT molecular complexity index is 596. The second-order valence-corrected chi connectivity index (χ2v) is 3.79. The van der Waals surface area contributed by atoms with Crippen molar-refractivity contribution in [1.29, 1.82) is 0 Å². The third-order valence-corrected chi connectivity index (χ3v) is 2.47. The number of pyridine rings is 1. The first-order chi connectivity index (χ1) is 9.10. The summed E-state index contributed by atoms with van der Waals surface area (Å²) in [4.78, 5) is 18.0. The van der Waals surface area contributed by atoms with Crippen molar-refractivity contribution in [1.82, 2.24) is 9.97 Å². The Hall–Kier alpha value is -2.64. The van der Waals surface area contributed by atoms with E-state index < -0.39 is 4.92 Å². The molecule has 0 saturated heterocycles. The third-order valence-electron chi connectivity index (χ3n) is 2.47. The molecule has 0 fully saturated rings. The summed E-state index contributed by atoms with van der Waals surface area (Å²) in [7, 11) is 0. The van der Waals surface area contributed by atoms with Crippen molar-refractivity contribution in [3.05, 3.63) is 40.1 Å². The average Bonchev–Trinajstić information content (AvgIpc) is 2.84.